The Morgan fingerprint density at radius 3 is 2.67 bits per heavy atom. The van der Waals surface area contributed by atoms with Crippen LogP contribution in [0, 0.1) is 6.92 Å². The number of benzene rings is 2. The van der Waals surface area contributed by atoms with E-state index in [1.54, 1.807) is 0 Å². The van der Waals surface area contributed by atoms with Crippen LogP contribution in [0.1, 0.15) is 30.4 Å². The lowest BCUT2D eigenvalue weighted by atomic mass is 10.1. The first kappa shape index (κ1) is 20.1. The largest absolute Gasteiger partial charge is 0.456 e. The van der Waals surface area contributed by atoms with Crippen LogP contribution in [-0.4, -0.2) is 38.4 Å². The Bertz CT molecular complexity index is 937. The van der Waals surface area contributed by atoms with Gasteiger partial charge < -0.3 is 24.4 Å². The Kier molecular flexibility index (Phi) is 6.07. The minimum Gasteiger partial charge on any atom is -0.456 e. The van der Waals surface area contributed by atoms with Crippen LogP contribution < -0.4 is 19.7 Å². The van der Waals surface area contributed by atoms with Crippen LogP contribution in [0.25, 0.3) is 0 Å². The lowest BCUT2D eigenvalue weighted by Crippen LogP contribution is -2.22. The molecule has 1 N–H and O–H groups in total. The second-order valence-electron chi connectivity index (χ2n) is 7.59. The van der Waals surface area contributed by atoms with Crippen molar-refractivity contribution < 1.29 is 23.8 Å². The SMILES string of the molecule is Cc1cc(N2CCCC2)ccc1NC(=O)COC(=O)CCc1ccc2c(c1)OCO2. The molecule has 2 aliphatic heterocycles. The molecule has 158 valence electrons. The average molecular weight is 410 g/mol. The number of rotatable bonds is 7. The number of anilines is 2. The number of esters is 1. The molecule has 0 aliphatic carbocycles. The number of hydrogen-bond acceptors (Lipinski definition) is 6. The zero-order chi connectivity index (χ0) is 20.9. The van der Waals surface area contributed by atoms with E-state index in [1.165, 1.54) is 18.5 Å². The van der Waals surface area contributed by atoms with Gasteiger partial charge in [-0.25, -0.2) is 0 Å². The third-order valence-corrected chi connectivity index (χ3v) is 5.37. The average Bonchev–Trinajstić information content (AvgIpc) is 3.43. The summed E-state index contributed by atoms with van der Waals surface area (Å²) in [6.45, 7) is 4.04. The lowest BCUT2D eigenvalue weighted by Gasteiger charge is -2.19. The fraction of sp³-hybridized carbons (Fsp3) is 0.391. The van der Waals surface area contributed by atoms with Crippen LogP contribution >= 0.6 is 0 Å². The summed E-state index contributed by atoms with van der Waals surface area (Å²) < 4.78 is 15.7. The molecule has 0 aromatic heterocycles. The summed E-state index contributed by atoms with van der Waals surface area (Å²) in [5.41, 5.74) is 3.86. The van der Waals surface area contributed by atoms with Crippen molar-refractivity contribution in [2.24, 2.45) is 0 Å². The van der Waals surface area contributed by atoms with Gasteiger partial charge in [0.15, 0.2) is 18.1 Å². The van der Waals surface area contributed by atoms with Gasteiger partial charge in [-0.2, -0.15) is 0 Å². The summed E-state index contributed by atoms with van der Waals surface area (Å²) in [4.78, 5) is 26.5. The van der Waals surface area contributed by atoms with Gasteiger partial charge in [0, 0.05) is 30.9 Å². The molecule has 2 heterocycles. The van der Waals surface area contributed by atoms with E-state index in [1.807, 2.05) is 37.3 Å². The summed E-state index contributed by atoms with van der Waals surface area (Å²) in [6, 6.07) is 11.6. The number of nitrogens with one attached hydrogen (secondary N) is 1. The number of nitrogens with zero attached hydrogens (tertiary/aromatic N) is 1. The van der Waals surface area contributed by atoms with Crippen molar-refractivity contribution in [2.45, 2.75) is 32.6 Å². The quantitative estimate of drug-likeness (QED) is 0.705. The van der Waals surface area contributed by atoms with Crippen molar-refractivity contribution >= 4 is 23.3 Å². The maximum atomic E-state index is 12.2. The Balaban J connectivity index is 1.22. The molecule has 2 aliphatic rings. The summed E-state index contributed by atoms with van der Waals surface area (Å²) in [7, 11) is 0. The van der Waals surface area contributed by atoms with Crippen LogP contribution in [0.4, 0.5) is 11.4 Å². The van der Waals surface area contributed by atoms with E-state index in [4.69, 9.17) is 14.2 Å². The highest BCUT2D eigenvalue weighted by molar-refractivity contribution is 5.93. The van der Waals surface area contributed by atoms with E-state index in [0.717, 1.165) is 29.9 Å². The number of aryl methyl sites for hydroxylation is 2. The highest BCUT2D eigenvalue weighted by Crippen LogP contribution is 2.32. The molecule has 0 bridgehead atoms. The van der Waals surface area contributed by atoms with E-state index >= 15 is 0 Å². The molecule has 1 saturated heterocycles. The second-order valence-corrected chi connectivity index (χ2v) is 7.59. The van der Waals surface area contributed by atoms with Gasteiger partial charge in [-0.1, -0.05) is 6.07 Å². The molecule has 2 aromatic rings. The fourth-order valence-corrected chi connectivity index (χ4v) is 3.71. The Morgan fingerprint density at radius 1 is 1.07 bits per heavy atom. The van der Waals surface area contributed by atoms with Crippen LogP contribution in [0.2, 0.25) is 0 Å². The number of hydrogen-bond donors (Lipinski definition) is 1. The van der Waals surface area contributed by atoms with Crippen molar-refractivity contribution in [2.75, 3.05) is 36.7 Å². The van der Waals surface area contributed by atoms with Crippen LogP contribution in [0.5, 0.6) is 11.5 Å². The van der Waals surface area contributed by atoms with E-state index in [-0.39, 0.29) is 25.7 Å². The van der Waals surface area contributed by atoms with Crippen LogP contribution in [0.15, 0.2) is 36.4 Å². The molecule has 4 rings (SSSR count). The van der Waals surface area contributed by atoms with Gasteiger partial charge >= 0.3 is 5.97 Å². The second kappa shape index (κ2) is 9.07. The molecular weight excluding hydrogens is 384 g/mol. The van der Waals surface area contributed by atoms with Crippen LogP contribution in [-0.2, 0) is 20.7 Å². The van der Waals surface area contributed by atoms with Gasteiger partial charge in [-0.05, 0) is 67.6 Å². The van der Waals surface area contributed by atoms with Crippen molar-refractivity contribution in [1.29, 1.82) is 0 Å². The number of carbonyl (C=O) groups is 2. The standard InChI is InChI=1S/C23H26N2O5/c1-16-12-18(25-10-2-3-11-25)6-7-19(16)24-22(26)14-28-23(27)9-5-17-4-8-20-21(13-17)30-15-29-20/h4,6-8,12-13H,2-3,5,9-11,14-15H2,1H3,(H,24,26). The third-order valence-electron chi connectivity index (χ3n) is 5.37. The number of ether oxygens (including phenoxy) is 3. The predicted octanol–water partition coefficient (Wildman–Crippen LogP) is 3.44. The highest BCUT2D eigenvalue weighted by atomic mass is 16.7. The lowest BCUT2D eigenvalue weighted by molar-refractivity contribution is -0.147. The molecule has 7 heteroatoms. The smallest absolute Gasteiger partial charge is 0.306 e. The minimum atomic E-state index is -0.413. The normalized spacial score (nSPS) is 14.6. The molecule has 30 heavy (non-hydrogen) atoms. The van der Waals surface area contributed by atoms with Gasteiger partial charge in [-0.15, -0.1) is 0 Å². The maximum Gasteiger partial charge on any atom is 0.306 e. The van der Waals surface area contributed by atoms with E-state index in [2.05, 4.69) is 16.3 Å². The van der Waals surface area contributed by atoms with E-state index < -0.39 is 5.97 Å². The van der Waals surface area contributed by atoms with Gasteiger partial charge in [0.05, 0.1) is 0 Å². The molecule has 1 amide bonds. The van der Waals surface area contributed by atoms with Gasteiger partial charge in [0.2, 0.25) is 6.79 Å². The zero-order valence-electron chi connectivity index (χ0n) is 17.1. The number of amides is 1. The fourth-order valence-electron chi connectivity index (χ4n) is 3.71. The molecule has 1 fully saturated rings. The van der Waals surface area contributed by atoms with Crippen molar-refractivity contribution in [3.8, 4) is 11.5 Å². The van der Waals surface area contributed by atoms with Gasteiger partial charge in [-0.3, -0.25) is 9.59 Å². The Labute approximate surface area is 175 Å². The van der Waals surface area contributed by atoms with Gasteiger partial charge in [0.25, 0.3) is 5.91 Å². The molecule has 0 saturated carbocycles. The summed E-state index contributed by atoms with van der Waals surface area (Å²) in [6.07, 6.45) is 3.14. The molecule has 2 aromatic carbocycles. The third kappa shape index (κ3) is 4.84. The summed E-state index contributed by atoms with van der Waals surface area (Å²) in [5.74, 6) is 0.639. The first-order chi connectivity index (χ1) is 14.6. The zero-order valence-corrected chi connectivity index (χ0v) is 17.1. The van der Waals surface area contributed by atoms with E-state index in [0.29, 0.717) is 17.9 Å². The summed E-state index contributed by atoms with van der Waals surface area (Å²) >= 11 is 0. The maximum absolute atomic E-state index is 12.2. The van der Waals surface area contributed by atoms with E-state index in [9.17, 15) is 9.59 Å². The highest BCUT2D eigenvalue weighted by Gasteiger charge is 2.16. The Hall–Kier alpha value is -3.22. The molecule has 0 atom stereocenters. The number of fused-ring (bicyclic) bond motifs is 1. The first-order valence-corrected chi connectivity index (χ1v) is 10.3. The monoisotopic (exact) mass is 410 g/mol. The number of carbonyl (C=O) groups excluding carboxylic acids is 2. The molecule has 0 spiro atoms. The first-order valence-electron chi connectivity index (χ1n) is 10.3. The summed E-state index contributed by atoms with van der Waals surface area (Å²) in [5, 5.41) is 2.82. The van der Waals surface area contributed by atoms with Crippen molar-refractivity contribution in [3.63, 3.8) is 0 Å². The van der Waals surface area contributed by atoms with Gasteiger partial charge in [0.1, 0.15) is 0 Å². The molecular formula is C23H26N2O5. The molecule has 7 nitrogen and oxygen atoms in total. The minimum absolute atomic E-state index is 0.191. The van der Waals surface area contributed by atoms with Crippen molar-refractivity contribution in [3.05, 3.63) is 47.5 Å². The predicted molar refractivity (Wildman–Crippen MR) is 113 cm³/mol. The van der Waals surface area contributed by atoms with Crippen molar-refractivity contribution in [1.82, 2.24) is 0 Å². The van der Waals surface area contributed by atoms with Crippen LogP contribution in [0.3, 0.4) is 0 Å². The molecule has 0 unspecified atom stereocenters. The Morgan fingerprint density at radius 2 is 1.87 bits per heavy atom. The molecule has 0 radical (unpaired) electrons. The topological polar surface area (TPSA) is 77.1 Å².